The van der Waals surface area contributed by atoms with Crippen LogP contribution in [0.4, 0.5) is 4.79 Å². The molecule has 2 heterocycles. The van der Waals surface area contributed by atoms with E-state index in [2.05, 4.69) is 0 Å². The Balaban J connectivity index is 2.61. The molecular formula is C10H9ClN2O3S. The first-order valence-corrected chi connectivity index (χ1v) is 6.01. The Morgan fingerprint density at radius 3 is 2.59 bits per heavy atom. The molecule has 0 aromatic carbocycles. The SMILES string of the molecule is CC(=O)N1C(=O)N(Cl)C(=O)C1(C)c1cccs1. The molecule has 0 spiro atoms. The summed E-state index contributed by atoms with van der Waals surface area (Å²) >= 11 is 6.89. The number of rotatable bonds is 1. The van der Waals surface area contributed by atoms with Crippen LogP contribution < -0.4 is 0 Å². The number of imide groups is 2. The highest BCUT2D eigenvalue weighted by molar-refractivity contribution is 7.10. The summed E-state index contributed by atoms with van der Waals surface area (Å²) in [6.45, 7) is 2.75. The number of carbonyl (C=O) groups is 3. The highest BCUT2D eigenvalue weighted by Gasteiger charge is 2.57. The van der Waals surface area contributed by atoms with Crippen molar-refractivity contribution >= 4 is 41.0 Å². The fourth-order valence-corrected chi connectivity index (χ4v) is 2.98. The quantitative estimate of drug-likeness (QED) is 0.580. The number of nitrogens with zero attached hydrogens (tertiary/aromatic N) is 2. The van der Waals surface area contributed by atoms with Crippen LogP contribution in [0.5, 0.6) is 0 Å². The van der Waals surface area contributed by atoms with Gasteiger partial charge in [0.2, 0.25) is 5.91 Å². The van der Waals surface area contributed by atoms with Gasteiger partial charge in [-0.25, -0.2) is 9.69 Å². The first kappa shape index (κ1) is 12.1. The number of hydrogen-bond donors (Lipinski definition) is 0. The molecule has 1 aliphatic rings. The van der Waals surface area contributed by atoms with Crippen molar-refractivity contribution in [2.75, 3.05) is 0 Å². The Kier molecular flexibility index (Phi) is 2.71. The summed E-state index contributed by atoms with van der Waals surface area (Å²) in [5, 5.41) is 1.77. The third-order valence-electron chi connectivity index (χ3n) is 2.72. The molecule has 0 aliphatic carbocycles. The summed E-state index contributed by atoms with van der Waals surface area (Å²) < 4.78 is 0.459. The van der Waals surface area contributed by atoms with Crippen molar-refractivity contribution < 1.29 is 14.4 Å². The standard InChI is InChI=1S/C10H9ClN2O3S/c1-6(14)12-9(16)13(11)8(15)10(12,2)7-4-3-5-17-7/h3-5H,1-2H3. The van der Waals surface area contributed by atoms with E-state index in [-0.39, 0.29) is 0 Å². The van der Waals surface area contributed by atoms with Gasteiger partial charge in [-0.05, 0) is 18.4 Å². The molecule has 0 radical (unpaired) electrons. The molecule has 1 atom stereocenters. The van der Waals surface area contributed by atoms with Crippen LogP contribution in [0.15, 0.2) is 17.5 Å². The van der Waals surface area contributed by atoms with E-state index >= 15 is 0 Å². The van der Waals surface area contributed by atoms with Crippen molar-refractivity contribution in [1.29, 1.82) is 0 Å². The van der Waals surface area contributed by atoms with Crippen molar-refractivity contribution in [3.05, 3.63) is 22.4 Å². The molecule has 90 valence electrons. The summed E-state index contributed by atoms with van der Waals surface area (Å²) in [6, 6.07) is 2.64. The normalized spacial score (nSPS) is 24.6. The number of carbonyl (C=O) groups excluding carboxylic acids is 3. The fraction of sp³-hybridized carbons (Fsp3) is 0.300. The van der Waals surface area contributed by atoms with E-state index in [0.717, 1.165) is 4.90 Å². The Bertz CT molecular complexity index is 502. The first-order chi connectivity index (χ1) is 7.90. The van der Waals surface area contributed by atoms with Gasteiger partial charge in [-0.1, -0.05) is 6.07 Å². The molecule has 1 unspecified atom stereocenters. The molecule has 7 heteroatoms. The molecule has 0 N–H and O–H groups in total. The van der Waals surface area contributed by atoms with E-state index in [1.165, 1.54) is 25.2 Å². The zero-order valence-corrected chi connectivity index (χ0v) is 10.7. The Morgan fingerprint density at radius 2 is 2.12 bits per heavy atom. The van der Waals surface area contributed by atoms with Crippen molar-refractivity contribution in [2.24, 2.45) is 0 Å². The number of urea groups is 1. The highest BCUT2D eigenvalue weighted by atomic mass is 35.5. The van der Waals surface area contributed by atoms with Gasteiger partial charge < -0.3 is 0 Å². The van der Waals surface area contributed by atoms with Gasteiger partial charge in [0.25, 0.3) is 5.91 Å². The van der Waals surface area contributed by atoms with Crippen LogP contribution in [0.25, 0.3) is 0 Å². The van der Waals surface area contributed by atoms with E-state index in [9.17, 15) is 14.4 Å². The second kappa shape index (κ2) is 3.82. The van der Waals surface area contributed by atoms with Gasteiger partial charge in [-0.3, -0.25) is 9.59 Å². The first-order valence-electron chi connectivity index (χ1n) is 4.79. The predicted octanol–water partition coefficient (Wildman–Crippen LogP) is 1.93. The minimum absolute atomic E-state index is 0.459. The lowest BCUT2D eigenvalue weighted by Gasteiger charge is -2.27. The van der Waals surface area contributed by atoms with Gasteiger partial charge in [0.05, 0.1) is 0 Å². The molecule has 1 aromatic rings. The molecule has 2 rings (SSSR count). The summed E-state index contributed by atoms with van der Waals surface area (Å²) in [6.07, 6.45) is 0. The molecule has 0 saturated carbocycles. The molecule has 17 heavy (non-hydrogen) atoms. The topological polar surface area (TPSA) is 57.7 Å². The number of halogens is 1. The average Bonchev–Trinajstić information content (AvgIpc) is 2.84. The summed E-state index contributed by atoms with van der Waals surface area (Å²) in [5.74, 6) is -1.12. The van der Waals surface area contributed by atoms with E-state index in [1.54, 1.807) is 17.5 Å². The Morgan fingerprint density at radius 1 is 1.47 bits per heavy atom. The maximum absolute atomic E-state index is 12.0. The van der Waals surface area contributed by atoms with Crippen LogP contribution in [0.2, 0.25) is 0 Å². The molecule has 0 bridgehead atoms. The van der Waals surface area contributed by atoms with Crippen molar-refractivity contribution in [3.8, 4) is 0 Å². The Labute approximate surface area is 107 Å². The van der Waals surface area contributed by atoms with Crippen molar-refractivity contribution in [1.82, 2.24) is 9.32 Å². The molecule has 5 nitrogen and oxygen atoms in total. The largest absolute Gasteiger partial charge is 0.349 e. The zero-order valence-electron chi connectivity index (χ0n) is 9.14. The zero-order chi connectivity index (χ0) is 12.8. The maximum atomic E-state index is 12.0. The number of thiophene rings is 1. The Hall–Kier alpha value is -1.40. The molecule has 4 amide bonds. The van der Waals surface area contributed by atoms with Crippen LogP contribution in [-0.4, -0.2) is 27.2 Å². The molecule has 1 fully saturated rings. The van der Waals surface area contributed by atoms with Gasteiger partial charge in [0.1, 0.15) is 0 Å². The van der Waals surface area contributed by atoms with Crippen LogP contribution in [0.3, 0.4) is 0 Å². The van der Waals surface area contributed by atoms with Gasteiger partial charge >= 0.3 is 6.03 Å². The monoisotopic (exact) mass is 272 g/mol. The average molecular weight is 273 g/mol. The lowest BCUT2D eigenvalue weighted by Crippen LogP contribution is -2.46. The van der Waals surface area contributed by atoms with Gasteiger partial charge in [-0.15, -0.1) is 11.3 Å². The fourth-order valence-electron chi connectivity index (χ4n) is 1.87. The molecular weight excluding hydrogens is 264 g/mol. The minimum Gasteiger partial charge on any atom is -0.275 e. The number of hydrogen-bond acceptors (Lipinski definition) is 4. The summed E-state index contributed by atoms with van der Waals surface area (Å²) in [4.78, 5) is 36.8. The van der Waals surface area contributed by atoms with Crippen molar-refractivity contribution in [3.63, 3.8) is 0 Å². The van der Waals surface area contributed by atoms with Crippen LogP contribution in [-0.2, 0) is 15.1 Å². The van der Waals surface area contributed by atoms with Gasteiger partial charge in [-0.2, -0.15) is 4.42 Å². The van der Waals surface area contributed by atoms with Gasteiger partial charge in [0, 0.05) is 23.6 Å². The maximum Gasteiger partial charge on any atom is 0.349 e. The van der Waals surface area contributed by atoms with E-state index in [0.29, 0.717) is 9.30 Å². The van der Waals surface area contributed by atoms with Crippen LogP contribution >= 0.6 is 23.1 Å². The second-order valence-corrected chi connectivity index (χ2v) is 5.06. The lowest BCUT2D eigenvalue weighted by molar-refractivity contribution is -0.137. The molecule has 1 aromatic heterocycles. The number of amides is 4. The highest BCUT2D eigenvalue weighted by Crippen LogP contribution is 2.40. The summed E-state index contributed by atoms with van der Waals surface area (Å²) in [7, 11) is 0. The summed E-state index contributed by atoms with van der Waals surface area (Å²) in [5.41, 5.74) is -1.33. The smallest absolute Gasteiger partial charge is 0.275 e. The van der Waals surface area contributed by atoms with Crippen LogP contribution in [0.1, 0.15) is 18.7 Å². The van der Waals surface area contributed by atoms with Gasteiger partial charge in [0.15, 0.2) is 5.54 Å². The third-order valence-corrected chi connectivity index (χ3v) is 4.10. The van der Waals surface area contributed by atoms with Crippen LogP contribution in [0, 0.1) is 0 Å². The molecule has 1 aliphatic heterocycles. The molecule has 1 saturated heterocycles. The van der Waals surface area contributed by atoms with Crippen molar-refractivity contribution in [2.45, 2.75) is 19.4 Å². The second-order valence-electron chi connectivity index (χ2n) is 3.77. The van der Waals surface area contributed by atoms with E-state index in [1.807, 2.05) is 0 Å². The third kappa shape index (κ3) is 1.48. The van der Waals surface area contributed by atoms with E-state index in [4.69, 9.17) is 11.8 Å². The minimum atomic E-state index is -1.33. The lowest BCUT2D eigenvalue weighted by atomic mass is 9.98. The predicted molar refractivity (Wildman–Crippen MR) is 62.3 cm³/mol. The van der Waals surface area contributed by atoms with E-state index < -0.39 is 23.4 Å².